The summed E-state index contributed by atoms with van der Waals surface area (Å²) in [6.45, 7) is 4.01. The molecule has 0 saturated carbocycles. The Morgan fingerprint density at radius 2 is 2.45 bits per heavy atom. The summed E-state index contributed by atoms with van der Waals surface area (Å²) in [5.41, 5.74) is 4.61. The fourth-order valence-corrected chi connectivity index (χ4v) is 0.813. The Labute approximate surface area is 66.4 Å². The SMILES string of the molecule is C/C=C\C=C1\NON=C1CC. The van der Waals surface area contributed by atoms with E-state index in [2.05, 4.69) is 10.6 Å². The minimum Gasteiger partial charge on any atom is -0.270 e. The quantitative estimate of drug-likeness (QED) is 0.654. The van der Waals surface area contributed by atoms with Crippen molar-refractivity contribution in [3.8, 4) is 0 Å². The van der Waals surface area contributed by atoms with E-state index in [4.69, 9.17) is 4.94 Å². The predicted molar refractivity (Wildman–Crippen MR) is 44.8 cm³/mol. The summed E-state index contributed by atoms with van der Waals surface area (Å²) in [6, 6.07) is 0. The van der Waals surface area contributed by atoms with E-state index >= 15 is 0 Å². The van der Waals surface area contributed by atoms with Crippen LogP contribution < -0.4 is 5.48 Å². The maximum Gasteiger partial charge on any atom is 0.109 e. The lowest BCUT2D eigenvalue weighted by Crippen LogP contribution is -2.08. The molecule has 0 spiro atoms. The summed E-state index contributed by atoms with van der Waals surface area (Å²) >= 11 is 0. The minimum atomic E-state index is 0.885. The van der Waals surface area contributed by atoms with Crippen LogP contribution in [0.3, 0.4) is 0 Å². The predicted octanol–water partition coefficient (Wildman–Crippen LogP) is 1.75. The first-order valence-corrected chi connectivity index (χ1v) is 3.70. The molecule has 3 nitrogen and oxygen atoms in total. The van der Waals surface area contributed by atoms with Gasteiger partial charge in [0.25, 0.3) is 0 Å². The number of hydroxylamine groups is 1. The lowest BCUT2D eigenvalue weighted by Gasteiger charge is -1.94. The molecule has 0 aromatic carbocycles. The molecule has 0 bridgehead atoms. The molecular formula is C8H12N2O. The van der Waals surface area contributed by atoms with Crippen molar-refractivity contribution in [1.82, 2.24) is 5.48 Å². The zero-order valence-electron chi connectivity index (χ0n) is 6.79. The average molecular weight is 152 g/mol. The second kappa shape index (κ2) is 3.81. The van der Waals surface area contributed by atoms with Gasteiger partial charge in [-0.1, -0.05) is 24.2 Å². The minimum absolute atomic E-state index is 0.885. The molecule has 1 rings (SSSR count). The van der Waals surface area contributed by atoms with Crippen LogP contribution in [0.15, 0.2) is 29.1 Å². The molecule has 60 valence electrons. The Bertz CT molecular complexity index is 216. The highest BCUT2D eigenvalue weighted by atomic mass is 16.8. The van der Waals surface area contributed by atoms with Crippen LogP contribution in [0.25, 0.3) is 0 Å². The Morgan fingerprint density at radius 3 is 3.09 bits per heavy atom. The summed E-state index contributed by atoms with van der Waals surface area (Å²) in [5, 5.41) is 3.79. The number of hydrogen-bond donors (Lipinski definition) is 1. The van der Waals surface area contributed by atoms with E-state index in [1.807, 2.05) is 32.1 Å². The topological polar surface area (TPSA) is 33.6 Å². The van der Waals surface area contributed by atoms with E-state index in [0.29, 0.717) is 0 Å². The highest BCUT2D eigenvalue weighted by molar-refractivity contribution is 5.99. The summed E-state index contributed by atoms with van der Waals surface area (Å²) in [5.74, 6) is 0. The third-order valence-electron chi connectivity index (χ3n) is 1.41. The normalized spacial score (nSPS) is 20.2. The van der Waals surface area contributed by atoms with Gasteiger partial charge in [-0.3, -0.25) is 4.94 Å². The van der Waals surface area contributed by atoms with E-state index in [0.717, 1.165) is 17.8 Å². The van der Waals surface area contributed by atoms with E-state index in [1.54, 1.807) is 0 Å². The summed E-state index contributed by atoms with van der Waals surface area (Å²) in [7, 11) is 0. The van der Waals surface area contributed by atoms with Crippen LogP contribution >= 0.6 is 0 Å². The smallest absolute Gasteiger partial charge is 0.109 e. The molecule has 1 N–H and O–H groups in total. The van der Waals surface area contributed by atoms with Crippen LogP contribution in [0.4, 0.5) is 0 Å². The Balaban J connectivity index is 2.66. The van der Waals surface area contributed by atoms with E-state index in [9.17, 15) is 0 Å². The van der Waals surface area contributed by atoms with Crippen molar-refractivity contribution >= 4 is 5.71 Å². The lowest BCUT2D eigenvalue weighted by molar-refractivity contribution is 0.0904. The van der Waals surface area contributed by atoms with Crippen LogP contribution in [0.2, 0.25) is 0 Å². The Kier molecular flexibility index (Phi) is 2.72. The van der Waals surface area contributed by atoms with Gasteiger partial charge < -0.3 is 0 Å². The van der Waals surface area contributed by atoms with Crippen molar-refractivity contribution in [1.29, 1.82) is 0 Å². The molecule has 1 aliphatic heterocycles. The van der Waals surface area contributed by atoms with Gasteiger partial charge in [0.05, 0.1) is 5.70 Å². The first-order valence-electron chi connectivity index (χ1n) is 3.70. The molecule has 0 radical (unpaired) electrons. The van der Waals surface area contributed by atoms with Crippen LogP contribution in [-0.2, 0) is 4.94 Å². The summed E-state index contributed by atoms with van der Waals surface area (Å²) in [6.07, 6.45) is 6.73. The molecule has 11 heavy (non-hydrogen) atoms. The van der Waals surface area contributed by atoms with Crippen molar-refractivity contribution in [2.75, 3.05) is 0 Å². The average Bonchev–Trinajstić information content (AvgIpc) is 2.47. The monoisotopic (exact) mass is 152 g/mol. The maximum atomic E-state index is 4.69. The summed E-state index contributed by atoms with van der Waals surface area (Å²) in [4.78, 5) is 4.69. The molecule has 0 saturated heterocycles. The van der Waals surface area contributed by atoms with Gasteiger partial charge in [-0.15, -0.1) is 0 Å². The van der Waals surface area contributed by atoms with Crippen molar-refractivity contribution in [3.63, 3.8) is 0 Å². The summed E-state index contributed by atoms with van der Waals surface area (Å²) < 4.78 is 0. The number of hydrogen-bond acceptors (Lipinski definition) is 3. The van der Waals surface area contributed by atoms with Gasteiger partial charge in [-0.2, -0.15) is 5.48 Å². The third-order valence-corrected chi connectivity index (χ3v) is 1.41. The van der Waals surface area contributed by atoms with Gasteiger partial charge in [-0.25, -0.2) is 0 Å². The van der Waals surface area contributed by atoms with Gasteiger partial charge in [0.15, 0.2) is 0 Å². The van der Waals surface area contributed by atoms with E-state index < -0.39 is 0 Å². The van der Waals surface area contributed by atoms with Crippen molar-refractivity contribution in [2.45, 2.75) is 20.3 Å². The van der Waals surface area contributed by atoms with Crippen LogP contribution in [0, 0.1) is 0 Å². The van der Waals surface area contributed by atoms with Gasteiger partial charge in [0.2, 0.25) is 0 Å². The highest BCUT2D eigenvalue weighted by Crippen LogP contribution is 2.05. The number of oxime groups is 1. The zero-order valence-corrected chi connectivity index (χ0v) is 6.79. The fourth-order valence-electron chi connectivity index (χ4n) is 0.813. The second-order valence-corrected chi connectivity index (χ2v) is 2.19. The van der Waals surface area contributed by atoms with Gasteiger partial charge in [-0.05, 0) is 19.4 Å². The van der Waals surface area contributed by atoms with Gasteiger partial charge >= 0.3 is 0 Å². The molecule has 0 fully saturated rings. The number of nitrogens with zero attached hydrogens (tertiary/aromatic N) is 1. The zero-order chi connectivity index (χ0) is 8.10. The number of rotatable bonds is 2. The van der Waals surface area contributed by atoms with Crippen LogP contribution in [0.1, 0.15) is 20.3 Å². The molecule has 0 aromatic heterocycles. The van der Waals surface area contributed by atoms with Crippen molar-refractivity contribution in [2.24, 2.45) is 5.16 Å². The fraction of sp³-hybridized carbons (Fsp3) is 0.375. The molecular weight excluding hydrogens is 140 g/mol. The molecule has 0 atom stereocenters. The first kappa shape index (κ1) is 7.85. The van der Waals surface area contributed by atoms with Gasteiger partial charge in [0, 0.05) is 0 Å². The highest BCUT2D eigenvalue weighted by Gasteiger charge is 2.10. The third kappa shape index (κ3) is 1.83. The van der Waals surface area contributed by atoms with Gasteiger partial charge in [0.1, 0.15) is 5.71 Å². The molecule has 1 aliphatic rings. The Hall–Kier alpha value is -1.25. The van der Waals surface area contributed by atoms with Crippen molar-refractivity contribution in [3.05, 3.63) is 23.9 Å². The van der Waals surface area contributed by atoms with Crippen LogP contribution in [-0.4, -0.2) is 5.71 Å². The molecule has 0 amide bonds. The van der Waals surface area contributed by atoms with Crippen LogP contribution in [0.5, 0.6) is 0 Å². The molecule has 0 aromatic rings. The number of allylic oxidation sites excluding steroid dienone is 4. The van der Waals surface area contributed by atoms with Crippen molar-refractivity contribution < 1.29 is 4.94 Å². The standard InChI is InChI=1S/C8H12N2O/c1-3-5-6-8-7(4-2)9-11-10-8/h3,5-6,10H,4H2,1-2H3/b5-3-,8-6+. The molecule has 0 unspecified atom stereocenters. The first-order chi connectivity index (χ1) is 5.38. The molecule has 0 aliphatic carbocycles. The largest absolute Gasteiger partial charge is 0.270 e. The lowest BCUT2D eigenvalue weighted by atomic mass is 10.2. The molecule has 3 heteroatoms. The second-order valence-electron chi connectivity index (χ2n) is 2.19. The van der Waals surface area contributed by atoms with E-state index in [-0.39, 0.29) is 0 Å². The Morgan fingerprint density at radius 1 is 1.64 bits per heavy atom. The molecule has 1 heterocycles. The van der Waals surface area contributed by atoms with E-state index in [1.165, 1.54) is 0 Å². The maximum absolute atomic E-state index is 4.69. The number of nitrogens with one attached hydrogen (secondary N) is 1.